The van der Waals surface area contributed by atoms with Gasteiger partial charge in [0.1, 0.15) is 17.8 Å². The molecule has 1 amide bonds. The smallest absolute Gasteiger partial charge is 0.273 e. The van der Waals surface area contributed by atoms with Gasteiger partial charge in [0.15, 0.2) is 12.3 Å². The largest absolute Gasteiger partial charge is 0.497 e. The fourth-order valence-corrected chi connectivity index (χ4v) is 2.37. The molecule has 0 fully saturated rings. The van der Waals surface area contributed by atoms with Gasteiger partial charge in [-0.25, -0.2) is 4.98 Å². The van der Waals surface area contributed by atoms with Gasteiger partial charge in [-0.1, -0.05) is 24.3 Å². The molecular formula is C20H20N2O4. The van der Waals surface area contributed by atoms with E-state index in [1.807, 2.05) is 31.2 Å². The first-order valence-corrected chi connectivity index (χ1v) is 8.19. The fourth-order valence-electron chi connectivity index (χ4n) is 2.37. The Morgan fingerprint density at radius 2 is 1.85 bits per heavy atom. The molecule has 0 aliphatic rings. The van der Waals surface area contributed by atoms with E-state index < -0.39 is 0 Å². The molecule has 0 saturated carbocycles. The van der Waals surface area contributed by atoms with Crippen molar-refractivity contribution in [3.63, 3.8) is 0 Å². The number of amides is 1. The van der Waals surface area contributed by atoms with Crippen LogP contribution in [-0.4, -0.2) is 18.0 Å². The predicted molar refractivity (Wildman–Crippen MR) is 96.2 cm³/mol. The van der Waals surface area contributed by atoms with Gasteiger partial charge in [0, 0.05) is 6.54 Å². The van der Waals surface area contributed by atoms with Crippen LogP contribution in [0.25, 0.3) is 0 Å². The first kappa shape index (κ1) is 17.5. The topological polar surface area (TPSA) is 73.6 Å². The highest BCUT2D eigenvalue weighted by atomic mass is 16.5. The zero-order chi connectivity index (χ0) is 18.4. The highest BCUT2D eigenvalue weighted by molar-refractivity contribution is 5.91. The molecule has 0 aliphatic carbocycles. The second kappa shape index (κ2) is 8.20. The average Bonchev–Trinajstić information content (AvgIpc) is 3.15. The van der Waals surface area contributed by atoms with Gasteiger partial charge in [0.2, 0.25) is 5.89 Å². The van der Waals surface area contributed by atoms with Crippen molar-refractivity contribution >= 4 is 5.91 Å². The summed E-state index contributed by atoms with van der Waals surface area (Å²) in [6.45, 7) is 2.58. The number of methoxy groups -OCH3 is 1. The number of carbonyl (C=O) groups is 1. The molecule has 6 nitrogen and oxygen atoms in total. The van der Waals surface area contributed by atoms with Gasteiger partial charge in [0.05, 0.1) is 7.11 Å². The van der Waals surface area contributed by atoms with Crippen LogP contribution >= 0.6 is 0 Å². The van der Waals surface area contributed by atoms with Crippen LogP contribution in [0.5, 0.6) is 11.5 Å². The molecule has 1 heterocycles. The number of benzene rings is 2. The van der Waals surface area contributed by atoms with Crippen molar-refractivity contribution in [2.75, 3.05) is 7.11 Å². The zero-order valence-corrected chi connectivity index (χ0v) is 14.7. The standard InChI is InChI=1S/C20H20N2O4/c1-14-5-3-4-6-15(14)11-21-20(23)18-12-26-19(22-18)13-25-17-9-7-16(24-2)8-10-17/h3-10,12H,11,13H2,1-2H3,(H,21,23). The third-order valence-electron chi connectivity index (χ3n) is 3.91. The molecule has 0 aliphatic heterocycles. The van der Waals surface area contributed by atoms with Crippen LogP contribution in [0.2, 0.25) is 0 Å². The molecule has 0 unspecified atom stereocenters. The van der Waals surface area contributed by atoms with E-state index in [-0.39, 0.29) is 18.2 Å². The van der Waals surface area contributed by atoms with Crippen LogP contribution < -0.4 is 14.8 Å². The van der Waals surface area contributed by atoms with Crippen molar-refractivity contribution in [2.45, 2.75) is 20.1 Å². The van der Waals surface area contributed by atoms with E-state index >= 15 is 0 Å². The molecule has 1 N–H and O–H groups in total. The van der Waals surface area contributed by atoms with E-state index in [0.29, 0.717) is 18.2 Å². The number of aromatic nitrogens is 1. The summed E-state index contributed by atoms with van der Waals surface area (Å²) in [6, 6.07) is 15.1. The SMILES string of the molecule is COc1ccc(OCc2nc(C(=O)NCc3ccccc3C)co2)cc1. The number of carbonyl (C=O) groups excluding carboxylic acids is 1. The Hall–Kier alpha value is -3.28. The van der Waals surface area contributed by atoms with E-state index in [4.69, 9.17) is 13.9 Å². The lowest BCUT2D eigenvalue weighted by Crippen LogP contribution is -2.23. The van der Waals surface area contributed by atoms with Crippen molar-refractivity contribution in [1.29, 1.82) is 0 Å². The Balaban J connectivity index is 1.53. The van der Waals surface area contributed by atoms with Crippen LogP contribution in [0.15, 0.2) is 59.2 Å². The number of nitrogens with one attached hydrogen (secondary N) is 1. The minimum atomic E-state index is -0.285. The van der Waals surface area contributed by atoms with Crippen LogP contribution in [0, 0.1) is 6.92 Å². The molecule has 0 spiro atoms. The number of aryl methyl sites for hydroxylation is 1. The normalized spacial score (nSPS) is 10.4. The van der Waals surface area contributed by atoms with Crippen LogP contribution in [0.1, 0.15) is 27.5 Å². The molecule has 3 aromatic rings. The summed E-state index contributed by atoms with van der Waals surface area (Å²) in [5.74, 6) is 1.46. The van der Waals surface area contributed by atoms with Crippen LogP contribution in [0.3, 0.4) is 0 Å². The Morgan fingerprint density at radius 3 is 2.58 bits per heavy atom. The lowest BCUT2D eigenvalue weighted by atomic mass is 10.1. The van der Waals surface area contributed by atoms with Gasteiger partial charge in [0.25, 0.3) is 5.91 Å². The Kier molecular flexibility index (Phi) is 5.53. The van der Waals surface area contributed by atoms with E-state index in [1.165, 1.54) is 6.26 Å². The number of rotatable bonds is 7. The van der Waals surface area contributed by atoms with Gasteiger partial charge in [-0.05, 0) is 42.3 Å². The lowest BCUT2D eigenvalue weighted by Gasteiger charge is -2.06. The highest BCUT2D eigenvalue weighted by Gasteiger charge is 2.13. The van der Waals surface area contributed by atoms with Gasteiger partial charge in [-0.2, -0.15) is 0 Å². The summed E-state index contributed by atoms with van der Waals surface area (Å²) in [7, 11) is 1.61. The highest BCUT2D eigenvalue weighted by Crippen LogP contribution is 2.18. The molecule has 26 heavy (non-hydrogen) atoms. The first-order chi connectivity index (χ1) is 12.7. The van der Waals surface area contributed by atoms with Crippen molar-refractivity contribution in [3.05, 3.63) is 77.5 Å². The quantitative estimate of drug-likeness (QED) is 0.704. The summed E-state index contributed by atoms with van der Waals surface area (Å²) in [6.07, 6.45) is 1.33. The molecule has 0 bridgehead atoms. The van der Waals surface area contributed by atoms with E-state index in [0.717, 1.165) is 16.9 Å². The second-order valence-corrected chi connectivity index (χ2v) is 5.70. The molecule has 3 rings (SSSR count). The Morgan fingerprint density at radius 1 is 1.12 bits per heavy atom. The van der Waals surface area contributed by atoms with E-state index in [2.05, 4.69) is 10.3 Å². The van der Waals surface area contributed by atoms with Gasteiger partial charge >= 0.3 is 0 Å². The molecule has 134 valence electrons. The summed E-state index contributed by atoms with van der Waals surface area (Å²) in [4.78, 5) is 16.4. The van der Waals surface area contributed by atoms with Gasteiger partial charge < -0.3 is 19.2 Å². The number of nitrogens with zero attached hydrogens (tertiary/aromatic N) is 1. The molecule has 0 radical (unpaired) electrons. The molecule has 0 atom stereocenters. The molecule has 6 heteroatoms. The average molecular weight is 352 g/mol. The summed E-state index contributed by atoms with van der Waals surface area (Å²) >= 11 is 0. The minimum absolute atomic E-state index is 0.136. The summed E-state index contributed by atoms with van der Waals surface area (Å²) < 4.78 is 16.0. The maximum atomic E-state index is 12.2. The minimum Gasteiger partial charge on any atom is -0.497 e. The molecule has 0 saturated heterocycles. The Labute approximate surface area is 151 Å². The van der Waals surface area contributed by atoms with E-state index in [1.54, 1.807) is 31.4 Å². The monoisotopic (exact) mass is 352 g/mol. The second-order valence-electron chi connectivity index (χ2n) is 5.70. The number of hydrogen-bond acceptors (Lipinski definition) is 5. The lowest BCUT2D eigenvalue weighted by molar-refractivity contribution is 0.0946. The van der Waals surface area contributed by atoms with Crippen molar-refractivity contribution in [3.8, 4) is 11.5 Å². The molecule has 1 aromatic heterocycles. The van der Waals surface area contributed by atoms with Crippen molar-refractivity contribution in [2.24, 2.45) is 0 Å². The zero-order valence-electron chi connectivity index (χ0n) is 14.7. The number of oxazole rings is 1. The molecular weight excluding hydrogens is 332 g/mol. The van der Waals surface area contributed by atoms with Crippen LogP contribution in [0.4, 0.5) is 0 Å². The van der Waals surface area contributed by atoms with Crippen LogP contribution in [-0.2, 0) is 13.2 Å². The maximum Gasteiger partial charge on any atom is 0.273 e. The van der Waals surface area contributed by atoms with Crippen molar-refractivity contribution < 1.29 is 18.7 Å². The van der Waals surface area contributed by atoms with Gasteiger partial charge in [-0.15, -0.1) is 0 Å². The Bertz CT molecular complexity index is 872. The summed E-state index contributed by atoms with van der Waals surface area (Å²) in [5, 5.41) is 2.84. The molecule has 2 aromatic carbocycles. The fraction of sp³-hybridized carbons (Fsp3) is 0.200. The van der Waals surface area contributed by atoms with E-state index in [9.17, 15) is 4.79 Å². The number of ether oxygens (including phenoxy) is 2. The number of hydrogen-bond donors (Lipinski definition) is 1. The van der Waals surface area contributed by atoms with Crippen molar-refractivity contribution in [1.82, 2.24) is 10.3 Å². The maximum absolute atomic E-state index is 12.2. The summed E-state index contributed by atoms with van der Waals surface area (Å²) in [5.41, 5.74) is 2.42. The predicted octanol–water partition coefficient (Wildman–Crippen LogP) is 3.50. The third kappa shape index (κ3) is 4.42. The first-order valence-electron chi connectivity index (χ1n) is 8.19. The third-order valence-corrected chi connectivity index (χ3v) is 3.91. The van der Waals surface area contributed by atoms with Gasteiger partial charge in [-0.3, -0.25) is 4.79 Å².